The van der Waals surface area contributed by atoms with Crippen molar-refractivity contribution >= 4 is 15.7 Å². The fraction of sp³-hybridized carbons (Fsp3) is 0.231. The second-order valence-corrected chi connectivity index (χ2v) is 6.29. The van der Waals surface area contributed by atoms with Crippen LogP contribution >= 0.6 is 0 Å². The number of benzene rings is 1. The Morgan fingerprint density at radius 2 is 2.05 bits per heavy atom. The Hall–Kier alpha value is -2.15. The van der Waals surface area contributed by atoms with Crippen LogP contribution in [-0.4, -0.2) is 43.4 Å². The molecule has 3 rings (SSSR count). The maximum Gasteiger partial charge on any atom is 0.204 e. The van der Waals surface area contributed by atoms with E-state index in [1.54, 1.807) is 0 Å². The molecule has 1 N–H and O–H groups in total. The van der Waals surface area contributed by atoms with E-state index in [0.717, 1.165) is 5.56 Å². The predicted octanol–water partition coefficient (Wildman–Crippen LogP) is 1.28. The van der Waals surface area contributed by atoms with E-state index in [9.17, 15) is 8.42 Å². The number of aromatic amines is 1. The number of rotatable bonds is 4. The number of ether oxygens (including phenoxy) is 1. The minimum Gasteiger partial charge on any atom is -0.478 e. The summed E-state index contributed by atoms with van der Waals surface area (Å²) >= 11 is 0. The Morgan fingerprint density at radius 3 is 2.75 bits per heavy atom. The molecule has 0 radical (unpaired) electrons. The summed E-state index contributed by atoms with van der Waals surface area (Å²) in [6.07, 6.45) is 1.51. The number of H-pyrrole nitrogens is 1. The standard InChI is InChI=1S/C13H13N3O3S/c17-20(18,9-12-14-6-7-19-12)13-11(8-15-16-13)10-4-2-1-3-5-10/h1-5,8H,6-7,9H2,(H,15,16). The normalized spacial score (nSPS) is 14.9. The Morgan fingerprint density at radius 1 is 1.25 bits per heavy atom. The molecule has 1 aromatic heterocycles. The van der Waals surface area contributed by atoms with Gasteiger partial charge >= 0.3 is 0 Å². The van der Waals surface area contributed by atoms with E-state index in [0.29, 0.717) is 18.7 Å². The van der Waals surface area contributed by atoms with Crippen molar-refractivity contribution in [1.29, 1.82) is 0 Å². The molecule has 7 heteroatoms. The van der Waals surface area contributed by atoms with Crippen LogP contribution in [0, 0.1) is 0 Å². The Kier molecular flexibility index (Phi) is 3.27. The minimum absolute atomic E-state index is 0.0990. The lowest BCUT2D eigenvalue weighted by Gasteiger charge is -2.05. The zero-order valence-electron chi connectivity index (χ0n) is 10.6. The van der Waals surface area contributed by atoms with Crippen LogP contribution in [0.25, 0.3) is 11.1 Å². The number of sulfone groups is 1. The third kappa shape index (κ3) is 2.44. The monoisotopic (exact) mass is 291 g/mol. The molecule has 1 aliphatic heterocycles. The molecule has 0 saturated carbocycles. The summed E-state index contributed by atoms with van der Waals surface area (Å²) in [5.41, 5.74) is 1.36. The van der Waals surface area contributed by atoms with E-state index in [2.05, 4.69) is 15.2 Å². The van der Waals surface area contributed by atoms with Crippen molar-refractivity contribution in [3.05, 3.63) is 36.5 Å². The van der Waals surface area contributed by atoms with Crippen molar-refractivity contribution in [2.75, 3.05) is 18.9 Å². The van der Waals surface area contributed by atoms with E-state index in [1.165, 1.54) is 6.20 Å². The lowest BCUT2D eigenvalue weighted by molar-refractivity contribution is 0.345. The zero-order valence-corrected chi connectivity index (χ0v) is 11.4. The molecular weight excluding hydrogens is 278 g/mol. The average Bonchev–Trinajstić information content (AvgIpc) is 3.09. The Labute approximate surface area is 116 Å². The molecule has 0 atom stereocenters. The summed E-state index contributed by atoms with van der Waals surface area (Å²) in [6, 6.07) is 9.26. The van der Waals surface area contributed by atoms with Gasteiger partial charge in [-0.05, 0) is 5.56 Å². The van der Waals surface area contributed by atoms with Crippen molar-refractivity contribution in [3.8, 4) is 11.1 Å². The van der Waals surface area contributed by atoms with Crippen LogP contribution < -0.4 is 0 Å². The lowest BCUT2D eigenvalue weighted by atomic mass is 10.1. The highest BCUT2D eigenvalue weighted by atomic mass is 32.2. The van der Waals surface area contributed by atoms with Gasteiger partial charge in [0.25, 0.3) is 0 Å². The molecule has 104 valence electrons. The van der Waals surface area contributed by atoms with Crippen molar-refractivity contribution in [1.82, 2.24) is 10.2 Å². The van der Waals surface area contributed by atoms with Crippen molar-refractivity contribution < 1.29 is 13.2 Å². The number of nitrogens with one attached hydrogen (secondary N) is 1. The molecule has 20 heavy (non-hydrogen) atoms. The highest BCUT2D eigenvalue weighted by Crippen LogP contribution is 2.26. The molecule has 0 spiro atoms. The number of hydrogen-bond donors (Lipinski definition) is 1. The number of aliphatic imine (C=N–C) groups is 1. The highest BCUT2D eigenvalue weighted by Gasteiger charge is 2.25. The predicted molar refractivity (Wildman–Crippen MR) is 74.3 cm³/mol. The lowest BCUT2D eigenvalue weighted by Crippen LogP contribution is -2.17. The topological polar surface area (TPSA) is 84.4 Å². The molecule has 2 heterocycles. The molecule has 0 unspecified atom stereocenters. The molecule has 0 bridgehead atoms. The van der Waals surface area contributed by atoms with Gasteiger partial charge in [-0.1, -0.05) is 30.3 Å². The Balaban J connectivity index is 1.97. The van der Waals surface area contributed by atoms with Gasteiger partial charge in [0, 0.05) is 5.56 Å². The van der Waals surface area contributed by atoms with Gasteiger partial charge in [0.1, 0.15) is 12.4 Å². The summed E-state index contributed by atoms with van der Waals surface area (Å²) in [6.45, 7) is 0.957. The van der Waals surface area contributed by atoms with Gasteiger partial charge in [-0.2, -0.15) is 5.10 Å². The Bertz CT molecular complexity index is 735. The highest BCUT2D eigenvalue weighted by molar-refractivity contribution is 7.92. The average molecular weight is 291 g/mol. The van der Waals surface area contributed by atoms with E-state index in [-0.39, 0.29) is 16.7 Å². The van der Waals surface area contributed by atoms with Gasteiger partial charge in [-0.3, -0.25) is 10.1 Å². The first-order valence-corrected chi connectivity index (χ1v) is 7.80. The van der Waals surface area contributed by atoms with Gasteiger partial charge in [0.15, 0.2) is 10.9 Å². The summed E-state index contributed by atoms with van der Waals surface area (Å²) in [7, 11) is -3.55. The van der Waals surface area contributed by atoms with Gasteiger partial charge in [-0.25, -0.2) is 8.42 Å². The van der Waals surface area contributed by atoms with Gasteiger partial charge in [0.2, 0.25) is 9.84 Å². The molecule has 0 fully saturated rings. The van der Waals surface area contributed by atoms with Crippen LogP contribution in [0.2, 0.25) is 0 Å². The van der Waals surface area contributed by atoms with Gasteiger partial charge < -0.3 is 4.74 Å². The maximum absolute atomic E-state index is 12.4. The third-order valence-electron chi connectivity index (χ3n) is 2.96. The van der Waals surface area contributed by atoms with Crippen LogP contribution in [0.15, 0.2) is 46.5 Å². The van der Waals surface area contributed by atoms with Crippen molar-refractivity contribution in [2.24, 2.45) is 4.99 Å². The minimum atomic E-state index is -3.55. The van der Waals surface area contributed by atoms with E-state index < -0.39 is 9.84 Å². The van der Waals surface area contributed by atoms with Gasteiger partial charge in [0.05, 0.1) is 12.7 Å². The summed E-state index contributed by atoms with van der Waals surface area (Å²) < 4.78 is 30.0. The molecule has 1 aliphatic rings. The second-order valence-electron chi connectivity index (χ2n) is 4.36. The molecular formula is C13H13N3O3S. The van der Waals surface area contributed by atoms with Crippen LogP contribution in [0.4, 0.5) is 0 Å². The molecule has 6 nitrogen and oxygen atoms in total. The quantitative estimate of drug-likeness (QED) is 0.919. The number of aromatic nitrogens is 2. The summed E-state index contributed by atoms with van der Waals surface area (Å²) in [5.74, 6) is 0.0216. The second kappa shape index (κ2) is 5.09. The van der Waals surface area contributed by atoms with Crippen LogP contribution in [0.3, 0.4) is 0 Å². The molecule has 0 amide bonds. The summed E-state index contributed by atoms with van der Waals surface area (Å²) in [4.78, 5) is 4.01. The van der Waals surface area contributed by atoms with E-state index in [1.807, 2.05) is 30.3 Å². The number of hydrogen-bond acceptors (Lipinski definition) is 5. The fourth-order valence-corrected chi connectivity index (χ4v) is 3.38. The fourth-order valence-electron chi connectivity index (χ4n) is 2.04. The first kappa shape index (κ1) is 12.9. The first-order valence-electron chi connectivity index (χ1n) is 6.14. The number of nitrogens with zero attached hydrogens (tertiary/aromatic N) is 2. The SMILES string of the molecule is O=S(=O)(CC1=NCCO1)c1[nH]ncc1-c1ccccc1. The van der Waals surface area contributed by atoms with Crippen LogP contribution in [0.5, 0.6) is 0 Å². The van der Waals surface area contributed by atoms with E-state index in [4.69, 9.17) is 4.74 Å². The third-order valence-corrected chi connectivity index (χ3v) is 4.52. The molecule has 1 aromatic carbocycles. The molecule has 0 saturated heterocycles. The summed E-state index contributed by atoms with van der Waals surface area (Å²) in [5, 5.41) is 6.52. The maximum atomic E-state index is 12.4. The zero-order chi connectivity index (χ0) is 14.0. The largest absolute Gasteiger partial charge is 0.478 e. The van der Waals surface area contributed by atoms with Crippen molar-refractivity contribution in [3.63, 3.8) is 0 Å². The molecule has 0 aliphatic carbocycles. The van der Waals surface area contributed by atoms with E-state index >= 15 is 0 Å². The molecule has 2 aromatic rings. The first-order chi connectivity index (χ1) is 9.67. The van der Waals surface area contributed by atoms with Crippen molar-refractivity contribution in [2.45, 2.75) is 5.03 Å². The van der Waals surface area contributed by atoms with Crippen LogP contribution in [0.1, 0.15) is 0 Å². The smallest absolute Gasteiger partial charge is 0.204 e. The van der Waals surface area contributed by atoms with Crippen LogP contribution in [-0.2, 0) is 14.6 Å². The van der Waals surface area contributed by atoms with Gasteiger partial charge in [-0.15, -0.1) is 0 Å².